The molecule has 1 aliphatic heterocycles. The van der Waals surface area contributed by atoms with Crippen molar-refractivity contribution in [3.63, 3.8) is 0 Å². The Bertz CT molecular complexity index is 1340. The summed E-state index contributed by atoms with van der Waals surface area (Å²) in [5.41, 5.74) is 2.85. The predicted molar refractivity (Wildman–Crippen MR) is 125 cm³/mol. The van der Waals surface area contributed by atoms with Crippen molar-refractivity contribution in [3.05, 3.63) is 60.9 Å². The molecule has 2 atom stereocenters. The smallest absolute Gasteiger partial charge is 0.404 e. The number of aromatic nitrogens is 5. The number of nitrogens with zero attached hydrogens (tertiary/aromatic N) is 6. The van der Waals surface area contributed by atoms with E-state index in [0.717, 1.165) is 30.6 Å². The number of piperidine rings is 1. The minimum atomic E-state index is -1.03. The molecule has 4 aromatic heterocycles. The fraction of sp³-hybridized carbons (Fsp3) is 0.261. The van der Waals surface area contributed by atoms with Crippen LogP contribution in [-0.4, -0.2) is 54.4 Å². The highest BCUT2D eigenvalue weighted by molar-refractivity contribution is 5.74. The molecule has 0 spiro atoms. The number of pyridine rings is 2. The molecular formula is C23H23FN8O2. The van der Waals surface area contributed by atoms with E-state index in [1.54, 1.807) is 35.2 Å². The quantitative estimate of drug-likeness (QED) is 0.411. The number of nitrogens with one attached hydrogen (secondary N) is 2. The molecule has 34 heavy (non-hydrogen) atoms. The molecule has 0 bridgehead atoms. The molecule has 1 aliphatic rings. The van der Waals surface area contributed by atoms with Gasteiger partial charge in [0, 0.05) is 25.0 Å². The number of halogens is 1. The molecule has 0 aromatic carbocycles. The average Bonchev–Trinajstić information content (AvgIpc) is 3.23. The van der Waals surface area contributed by atoms with Crippen LogP contribution in [0.15, 0.2) is 55.1 Å². The third kappa shape index (κ3) is 4.07. The fourth-order valence-electron chi connectivity index (χ4n) is 4.36. The van der Waals surface area contributed by atoms with Gasteiger partial charge in [-0.25, -0.2) is 14.2 Å². The van der Waals surface area contributed by atoms with E-state index in [0.29, 0.717) is 17.3 Å². The highest BCUT2D eigenvalue weighted by Crippen LogP contribution is 2.32. The number of hydrogen-bond donors (Lipinski definition) is 3. The Morgan fingerprint density at radius 1 is 1.18 bits per heavy atom. The van der Waals surface area contributed by atoms with E-state index < -0.39 is 11.9 Å². The number of fused-ring (bicyclic) bond motifs is 1. The van der Waals surface area contributed by atoms with Gasteiger partial charge in [0.25, 0.3) is 0 Å². The SMILES string of the molecule is CC1[C@@H](NC(=O)O)CCCN1c1ccncc1Nc1ncc2ccc(-c3ncccc3F)nn12. The summed E-state index contributed by atoms with van der Waals surface area (Å²) in [7, 11) is 0. The lowest BCUT2D eigenvalue weighted by molar-refractivity contribution is 0.184. The second-order valence-electron chi connectivity index (χ2n) is 8.12. The van der Waals surface area contributed by atoms with Crippen molar-refractivity contribution in [1.82, 2.24) is 29.9 Å². The van der Waals surface area contributed by atoms with Gasteiger partial charge in [0.1, 0.15) is 11.4 Å². The fourth-order valence-corrected chi connectivity index (χ4v) is 4.36. The summed E-state index contributed by atoms with van der Waals surface area (Å²) in [6, 6.07) is 8.03. The summed E-state index contributed by atoms with van der Waals surface area (Å²) in [4.78, 5) is 26.2. The van der Waals surface area contributed by atoms with Crippen molar-refractivity contribution in [2.45, 2.75) is 31.8 Å². The van der Waals surface area contributed by atoms with Gasteiger partial charge >= 0.3 is 6.09 Å². The minimum absolute atomic E-state index is 0.0540. The van der Waals surface area contributed by atoms with Crippen LogP contribution < -0.4 is 15.5 Å². The summed E-state index contributed by atoms with van der Waals surface area (Å²) in [5, 5.41) is 19.7. The van der Waals surface area contributed by atoms with Gasteiger partial charge in [0.05, 0.1) is 35.3 Å². The number of carboxylic acid groups (broad SMARTS) is 1. The van der Waals surface area contributed by atoms with E-state index in [9.17, 15) is 14.3 Å². The molecule has 0 aliphatic carbocycles. The Balaban J connectivity index is 1.48. The van der Waals surface area contributed by atoms with Crippen LogP contribution in [-0.2, 0) is 0 Å². The zero-order chi connectivity index (χ0) is 23.7. The number of anilines is 3. The number of amides is 1. The van der Waals surface area contributed by atoms with Crippen LogP contribution in [0.1, 0.15) is 19.8 Å². The second-order valence-corrected chi connectivity index (χ2v) is 8.12. The van der Waals surface area contributed by atoms with Crippen LogP contribution in [0.5, 0.6) is 0 Å². The first-order valence-electron chi connectivity index (χ1n) is 10.9. The Labute approximate surface area is 194 Å². The van der Waals surface area contributed by atoms with Gasteiger partial charge in [0.15, 0.2) is 5.82 Å². The number of rotatable bonds is 5. The molecule has 0 saturated carbocycles. The Hall–Kier alpha value is -4.28. The average molecular weight is 462 g/mol. The highest BCUT2D eigenvalue weighted by atomic mass is 19.1. The minimum Gasteiger partial charge on any atom is -0.465 e. The summed E-state index contributed by atoms with van der Waals surface area (Å²) >= 11 is 0. The van der Waals surface area contributed by atoms with Gasteiger partial charge in [-0.15, -0.1) is 0 Å². The highest BCUT2D eigenvalue weighted by Gasteiger charge is 2.30. The van der Waals surface area contributed by atoms with Gasteiger partial charge < -0.3 is 20.6 Å². The first-order valence-corrected chi connectivity index (χ1v) is 10.9. The van der Waals surface area contributed by atoms with Crippen LogP contribution in [0, 0.1) is 5.82 Å². The number of carbonyl (C=O) groups is 1. The topological polar surface area (TPSA) is 121 Å². The Morgan fingerprint density at radius 2 is 2.06 bits per heavy atom. The van der Waals surface area contributed by atoms with E-state index >= 15 is 0 Å². The van der Waals surface area contributed by atoms with Crippen molar-refractivity contribution >= 4 is 28.9 Å². The molecule has 1 unspecified atom stereocenters. The molecular weight excluding hydrogens is 439 g/mol. The number of imidazole rings is 1. The summed E-state index contributed by atoms with van der Waals surface area (Å²) in [6.07, 6.45) is 7.18. The predicted octanol–water partition coefficient (Wildman–Crippen LogP) is 3.69. The maximum Gasteiger partial charge on any atom is 0.404 e. The van der Waals surface area contributed by atoms with Crippen molar-refractivity contribution in [1.29, 1.82) is 0 Å². The standard InChI is InChI=1S/C23H23FN8O2/c1-14-17(29-23(33)34)5-3-11-31(14)20-8-10-25-13-19(20)28-22-27-12-15-6-7-18(30-32(15)22)21-16(24)4-2-9-26-21/h2,4,6-10,12-14,17,29H,3,5,11H2,1H3,(H,27,28)(H,33,34)/t14?,17-/m0/s1. The van der Waals surface area contributed by atoms with Crippen molar-refractivity contribution in [2.24, 2.45) is 0 Å². The lowest BCUT2D eigenvalue weighted by Gasteiger charge is -2.41. The van der Waals surface area contributed by atoms with E-state index in [1.807, 2.05) is 13.0 Å². The summed E-state index contributed by atoms with van der Waals surface area (Å²) in [6.45, 7) is 2.78. The first-order chi connectivity index (χ1) is 16.5. The second kappa shape index (κ2) is 8.93. The maximum atomic E-state index is 14.3. The van der Waals surface area contributed by atoms with Crippen LogP contribution in [0.4, 0.5) is 26.5 Å². The lowest BCUT2D eigenvalue weighted by atomic mass is 9.96. The summed E-state index contributed by atoms with van der Waals surface area (Å²) < 4.78 is 15.8. The Morgan fingerprint density at radius 3 is 2.88 bits per heavy atom. The number of hydrogen-bond acceptors (Lipinski definition) is 7. The molecule has 10 nitrogen and oxygen atoms in total. The van der Waals surface area contributed by atoms with Crippen molar-refractivity contribution < 1.29 is 14.3 Å². The van der Waals surface area contributed by atoms with Crippen LogP contribution in [0.2, 0.25) is 0 Å². The third-order valence-corrected chi connectivity index (χ3v) is 6.04. The van der Waals surface area contributed by atoms with Gasteiger partial charge in [-0.1, -0.05) is 0 Å². The molecule has 1 saturated heterocycles. The largest absolute Gasteiger partial charge is 0.465 e. The van der Waals surface area contributed by atoms with Crippen molar-refractivity contribution in [3.8, 4) is 11.4 Å². The van der Waals surface area contributed by atoms with Gasteiger partial charge in [-0.05, 0) is 50.1 Å². The van der Waals surface area contributed by atoms with Crippen LogP contribution in [0.3, 0.4) is 0 Å². The van der Waals surface area contributed by atoms with Gasteiger partial charge in [-0.2, -0.15) is 9.61 Å². The van der Waals surface area contributed by atoms with Gasteiger partial charge in [-0.3, -0.25) is 9.97 Å². The molecule has 174 valence electrons. The van der Waals surface area contributed by atoms with Crippen molar-refractivity contribution in [2.75, 3.05) is 16.8 Å². The van der Waals surface area contributed by atoms with Gasteiger partial charge in [0.2, 0.25) is 5.95 Å². The molecule has 0 radical (unpaired) electrons. The van der Waals surface area contributed by atoms with E-state index in [-0.39, 0.29) is 17.8 Å². The normalized spacial score (nSPS) is 18.1. The lowest BCUT2D eigenvalue weighted by Crippen LogP contribution is -2.54. The zero-order valence-corrected chi connectivity index (χ0v) is 18.4. The molecule has 11 heteroatoms. The maximum absolute atomic E-state index is 14.3. The van der Waals surface area contributed by atoms with Crippen LogP contribution >= 0.6 is 0 Å². The molecule has 3 N–H and O–H groups in total. The monoisotopic (exact) mass is 462 g/mol. The molecule has 1 amide bonds. The molecule has 5 rings (SSSR count). The van der Waals surface area contributed by atoms with E-state index in [4.69, 9.17) is 0 Å². The van der Waals surface area contributed by atoms with Crippen LogP contribution in [0.25, 0.3) is 16.9 Å². The molecule has 5 heterocycles. The van der Waals surface area contributed by atoms with E-state index in [1.165, 1.54) is 18.3 Å². The zero-order valence-electron chi connectivity index (χ0n) is 18.4. The first kappa shape index (κ1) is 21.6. The third-order valence-electron chi connectivity index (χ3n) is 6.04. The Kier molecular flexibility index (Phi) is 5.66. The molecule has 4 aromatic rings. The summed E-state index contributed by atoms with van der Waals surface area (Å²) in [5.74, 6) is -0.0190. The van der Waals surface area contributed by atoms with E-state index in [2.05, 4.69) is 35.6 Å². The molecule has 1 fully saturated rings.